The van der Waals surface area contributed by atoms with Gasteiger partial charge in [-0.2, -0.15) is 0 Å². The largest absolute Gasteiger partial charge is 0.373 e. The fraction of sp³-hybridized carbons (Fsp3) is 0.600. The number of amides is 2. The minimum atomic E-state index is -0.188. The van der Waals surface area contributed by atoms with Crippen molar-refractivity contribution in [3.8, 4) is 0 Å². The van der Waals surface area contributed by atoms with E-state index in [4.69, 9.17) is 5.73 Å². The molecule has 1 saturated carbocycles. The molecular formula is C20H30N4O2. The smallest absolute Gasteiger partial charge is 0.243 e. The number of rotatable bonds is 5. The van der Waals surface area contributed by atoms with E-state index in [2.05, 4.69) is 41.9 Å². The number of hydrogen-bond acceptors (Lipinski definition) is 4. The van der Waals surface area contributed by atoms with Crippen molar-refractivity contribution in [3.63, 3.8) is 0 Å². The molecule has 5 N–H and O–H groups in total. The molecule has 2 aliphatic rings. The van der Waals surface area contributed by atoms with Crippen LogP contribution in [0.25, 0.3) is 0 Å². The van der Waals surface area contributed by atoms with Crippen molar-refractivity contribution in [1.82, 2.24) is 10.6 Å². The van der Waals surface area contributed by atoms with Gasteiger partial charge in [-0.1, -0.05) is 17.7 Å². The number of anilines is 1. The van der Waals surface area contributed by atoms with Gasteiger partial charge < -0.3 is 21.7 Å². The van der Waals surface area contributed by atoms with E-state index in [0.717, 1.165) is 37.8 Å². The number of aryl methyl sites for hydroxylation is 2. The van der Waals surface area contributed by atoms with Crippen molar-refractivity contribution in [2.45, 2.75) is 70.5 Å². The lowest BCUT2D eigenvalue weighted by Crippen LogP contribution is -2.47. The van der Waals surface area contributed by atoms with Crippen LogP contribution >= 0.6 is 0 Å². The molecule has 2 amide bonds. The van der Waals surface area contributed by atoms with Crippen LogP contribution in [0.3, 0.4) is 0 Å². The first-order valence-electron chi connectivity index (χ1n) is 9.62. The summed E-state index contributed by atoms with van der Waals surface area (Å²) >= 11 is 0. The lowest BCUT2D eigenvalue weighted by molar-refractivity contribution is -0.123. The predicted octanol–water partition coefficient (Wildman–Crippen LogP) is 1.53. The Morgan fingerprint density at radius 1 is 1.12 bits per heavy atom. The third-order valence-electron chi connectivity index (χ3n) is 5.43. The van der Waals surface area contributed by atoms with Gasteiger partial charge >= 0.3 is 0 Å². The molecule has 6 nitrogen and oxygen atoms in total. The number of nitrogens with one attached hydrogen (secondary N) is 3. The van der Waals surface area contributed by atoms with Crippen LogP contribution in [-0.2, 0) is 16.0 Å². The molecule has 1 heterocycles. The zero-order valence-corrected chi connectivity index (χ0v) is 15.7. The van der Waals surface area contributed by atoms with Gasteiger partial charge in [0.15, 0.2) is 0 Å². The molecule has 1 aromatic rings. The van der Waals surface area contributed by atoms with Gasteiger partial charge in [-0.15, -0.1) is 0 Å². The number of hydrogen-bond donors (Lipinski definition) is 4. The monoisotopic (exact) mass is 358 g/mol. The Kier molecular flexibility index (Phi) is 5.81. The Morgan fingerprint density at radius 3 is 2.42 bits per heavy atom. The normalized spacial score (nSPS) is 24.5. The summed E-state index contributed by atoms with van der Waals surface area (Å²) in [4.78, 5) is 24.3. The Balaban J connectivity index is 1.47. The zero-order valence-electron chi connectivity index (χ0n) is 15.7. The Hall–Kier alpha value is -2.08. The number of carbonyl (C=O) groups excluding carboxylic acids is 2. The van der Waals surface area contributed by atoms with Gasteiger partial charge in [-0.3, -0.25) is 9.59 Å². The third-order valence-corrected chi connectivity index (χ3v) is 5.43. The molecule has 0 spiro atoms. The summed E-state index contributed by atoms with van der Waals surface area (Å²) in [5, 5.41) is 9.61. The number of benzene rings is 1. The molecule has 0 bridgehead atoms. The average Bonchev–Trinajstić information content (AvgIpc) is 3.01. The second kappa shape index (κ2) is 8.08. The molecule has 1 unspecified atom stereocenters. The van der Waals surface area contributed by atoms with Gasteiger partial charge in [-0.05, 0) is 50.7 Å². The van der Waals surface area contributed by atoms with Crippen LogP contribution in [-0.4, -0.2) is 36.5 Å². The Morgan fingerprint density at radius 2 is 1.77 bits per heavy atom. The minimum Gasteiger partial charge on any atom is -0.373 e. The van der Waals surface area contributed by atoms with E-state index < -0.39 is 0 Å². The first kappa shape index (κ1) is 18.7. The highest BCUT2D eigenvalue weighted by Gasteiger charge is 2.30. The summed E-state index contributed by atoms with van der Waals surface area (Å²) in [5.74, 6) is 0.104. The van der Waals surface area contributed by atoms with Gasteiger partial charge in [0, 0.05) is 37.2 Å². The maximum atomic E-state index is 12.7. The first-order valence-corrected chi connectivity index (χ1v) is 9.62. The number of nitrogens with two attached hydrogens (primary N) is 1. The summed E-state index contributed by atoms with van der Waals surface area (Å²) in [6.07, 6.45) is 4.72. The maximum absolute atomic E-state index is 12.7. The molecule has 0 radical (unpaired) electrons. The van der Waals surface area contributed by atoms with Crippen LogP contribution in [0, 0.1) is 13.8 Å². The first-order chi connectivity index (χ1) is 12.5. The van der Waals surface area contributed by atoms with Crippen molar-refractivity contribution in [3.05, 3.63) is 28.8 Å². The molecular weight excluding hydrogens is 328 g/mol. The van der Waals surface area contributed by atoms with Crippen LogP contribution in [0.2, 0.25) is 0 Å². The summed E-state index contributed by atoms with van der Waals surface area (Å²) in [5.41, 5.74) is 10.2. The van der Waals surface area contributed by atoms with E-state index in [1.807, 2.05) is 0 Å². The highest BCUT2D eigenvalue weighted by molar-refractivity contribution is 5.88. The molecule has 1 atom stereocenters. The van der Waals surface area contributed by atoms with Crippen LogP contribution in [0.15, 0.2) is 12.1 Å². The Bertz CT molecular complexity index is 681. The lowest BCUT2D eigenvalue weighted by atomic mass is 9.90. The van der Waals surface area contributed by atoms with Crippen LogP contribution in [0.4, 0.5) is 5.69 Å². The molecule has 6 heteroatoms. The molecule has 0 aromatic heterocycles. The molecule has 1 aromatic carbocycles. The second-order valence-electron chi connectivity index (χ2n) is 7.68. The highest BCUT2D eigenvalue weighted by atomic mass is 16.2. The minimum absolute atomic E-state index is 0.0265. The molecule has 1 aliphatic heterocycles. The maximum Gasteiger partial charge on any atom is 0.243 e. The van der Waals surface area contributed by atoms with E-state index in [-0.39, 0.29) is 29.9 Å². The van der Waals surface area contributed by atoms with E-state index in [0.29, 0.717) is 13.0 Å². The van der Waals surface area contributed by atoms with Crippen LogP contribution < -0.4 is 21.7 Å². The molecule has 1 fully saturated rings. The lowest BCUT2D eigenvalue weighted by Gasteiger charge is -2.30. The predicted molar refractivity (Wildman–Crippen MR) is 103 cm³/mol. The standard InChI is InChI=1S/C20H30N4O2/c1-12-9-13(2)19-14(10-12)11-17(24-19)20(26)23-16-5-3-15(4-6-16)22-18(25)7-8-21/h9-10,15-17,24H,3-8,11,21H2,1-2H3,(H,22,25)(H,23,26). The molecule has 0 saturated heterocycles. The van der Waals surface area contributed by atoms with Crippen LogP contribution in [0.5, 0.6) is 0 Å². The fourth-order valence-corrected chi connectivity index (χ4v) is 4.14. The molecule has 1 aliphatic carbocycles. The zero-order chi connectivity index (χ0) is 18.7. The molecule has 142 valence electrons. The van der Waals surface area contributed by atoms with E-state index in [1.54, 1.807) is 0 Å². The van der Waals surface area contributed by atoms with Crippen molar-refractivity contribution < 1.29 is 9.59 Å². The van der Waals surface area contributed by atoms with Crippen molar-refractivity contribution in [2.24, 2.45) is 5.73 Å². The number of fused-ring (bicyclic) bond motifs is 1. The number of carbonyl (C=O) groups is 2. The topological polar surface area (TPSA) is 96.2 Å². The van der Waals surface area contributed by atoms with Crippen molar-refractivity contribution in [1.29, 1.82) is 0 Å². The summed E-state index contributed by atoms with van der Waals surface area (Å²) in [6.45, 7) is 4.55. The van der Waals surface area contributed by atoms with E-state index in [9.17, 15) is 9.59 Å². The van der Waals surface area contributed by atoms with E-state index in [1.165, 1.54) is 16.7 Å². The molecule has 3 rings (SSSR count). The van der Waals surface area contributed by atoms with Gasteiger partial charge in [0.25, 0.3) is 0 Å². The van der Waals surface area contributed by atoms with Crippen molar-refractivity contribution in [2.75, 3.05) is 11.9 Å². The SMILES string of the molecule is Cc1cc(C)c2c(c1)CC(C(=O)NC1CCC(NC(=O)CCN)CC1)N2. The fourth-order valence-electron chi connectivity index (χ4n) is 4.14. The van der Waals surface area contributed by atoms with Crippen molar-refractivity contribution >= 4 is 17.5 Å². The second-order valence-corrected chi connectivity index (χ2v) is 7.68. The average molecular weight is 358 g/mol. The summed E-state index contributed by atoms with van der Waals surface area (Å²) < 4.78 is 0. The van der Waals surface area contributed by atoms with E-state index >= 15 is 0 Å². The third kappa shape index (κ3) is 4.36. The quantitative estimate of drug-likeness (QED) is 0.642. The van der Waals surface area contributed by atoms with Crippen LogP contribution in [0.1, 0.15) is 48.8 Å². The van der Waals surface area contributed by atoms with Gasteiger partial charge in [0.1, 0.15) is 6.04 Å². The molecule has 26 heavy (non-hydrogen) atoms. The summed E-state index contributed by atoms with van der Waals surface area (Å²) in [6, 6.07) is 4.53. The Labute approximate surface area is 155 Å². The summed E-state index contributed by atoms with van der Waals surface area (Å²) in [7, 11) is 0. The van der Waals surface area contributed by atoms with Gasteiger partial charge in [0.2, 0.25) is 11.8 Å². The van der Waals surface area contributed by atoms with Gasteiger partial charge in [0.05, 0.1) is 0 Å². The highest BCUT2D eigenvalue weighted by Crippen LogP contribution is 2.30. The van der Waals surface area contributed by atoms with Gasteiger partial charge in [-0.25, -0.2) is 0 Å².